The van der Waals surface area contributed by atoms with Crippen LogP contribution in [-0.4, -0.2) is 82.6 Å². The zero-order valence-corrected chi connectivity index (χ0v) is 23.8. The smallest absolute Gasteiger partial charge is 0.307 e. The Hall–Kier alpha value is -2.43. The third kappa shape index (κ3) is 8.04. The van der Waals surface area contributed by atoms with Gasteiger partial charge in [0.1, 0.15) is 6.73 Å². The zero-order chi connectivity index (χ0) is 26.3. The first-order valence-corrected chi connectivity index (χ1v) is 16.7. The van der Waals surface area contributed by atoms with Crippen molar-refractivity contribution in [2.24, 2.45) is 5.92 Å². The van der Waals surface area contributed by atoms with Crippen molar-refractivity contribution in [2.45, 2.75) is 70.9 Å². The summed E-state index contributed by atoms with van der Waals surface area (Å²) < 4.78 is 8.49. The van der Waals surface area contributed by atoms with Gasteiger partial charge in [-0.3, -0.25) is 9.78 Å². The number of rotatable bonds is 13. The number of carboxylic acids is 1. The van der Waals surface area contributed by atoms with Crippen LogP contribution in [0.15, 0.2) is 24.4 Å². The van der Waals surface area contributed by atoms with Gasteiger partial charge in [-0.1, -0.05) is 39.1 Å². The Bertz CT molecular complexity index is 1030. The van der Waals surface area contributed by atoms with Crippen LogP contribution in [0.5, 0.6) is 0 Å². The average molecular weight is 516 g/mol. The van der Waals surface area contributed by atoms with Crippen LogP contribution in [-0.2, 0) is 22.7 Å². The zero-order valence-electron chi connectivity index (χ0n) is 22.8. The number of carboxylic acid groups (broad SMARTS) is 1. The van der Waals surface area contributed by atoms with Crippen LogP contribution < -0.4 is 0 Å². The van der Waals surface area contributed by atoms with Gasteiger partial charge in [0.05, 0.1) is 38.8 Å². The Kier molecular flexibility index (Phi) is 9.54. The van der Waals surface area contributed by atoms with Gasteiger partial charge in [-0.05, 0) is 52.6 Å². The molecule has 0 aliphatic carbocycles. The maximum atomic E-state index is 12.3. The van der Waals surface area contributed by atoms with Gasteiger partial charge in [0.2, 0.25) is 0 Å². The Morgan fingerprint density at radius 3 is 2.64 bits per heavy atom. The number of tetrazole rings is 1. The predicted molar refractivity (Wildman–Crippen MR) is 143 cm³/mol. The first-order chi connectivity index (χ1) is 17.0. The summed E-state index contributed by atoms with van der Waals surface area (Å²) in [6, 6.07) is 5.17. The Morgan fingerprint density at radius 1 is 1.28 bits per heavy atom. The summed E-state index contributed by atoms with van der Waals surface area (Å²) in [5, 5.41) is 22.3. The first-order valence-electron chi connectivity index (χ1n) is 13.0. The van der Waals surface area contributed by atoms with E-state index in [9.17, 15) is 9.90 Å². The molecular weight excluding hydrogens is 472 g/mol. The van der Waals surface area contributed by atoms with E-state index in [4.69, 9.17) is 9.72 Å². The molecule has 0 spiro atoms. The summed E-state index contributed by atoms with van der Waals surface area (Å²) in [6.07, 6.45) is 6.99. The van der Waals surface area contributed by atoms with Crippen LogP contribution in [0, 0.1) is 5.92 Å². The molecule has 1 aliphatic heterocycles. The van der Waals surface area contributed by atoms with E-state index in [1.165, 1.54) is 5.57 Å². The summed E-state index contributed by atoms with van der Waals surface area (Å²) in [7, 11) is 3.27. The quantitative estimate of drug-likeness (QED) is 0.244. The van der Waals surface area contributed by atoms with Gasteiger partial charge in [-0.2, -0.15) is 0 Å². The summed E-state index contributed by atoms with van der Waals surface area (Å²) in [6.45, 7) is 11.9. The molecule has 1 N–H and O–H groups in total. The van der Waals surface area contributed by atoms with E-state index in [1.807, 2.05) is 13.1 Å². The summed E-state index contributed by atoms with van der Waals surface area (Å²) >= 11 is 0. The topological polar surface area (TPSA) is 103 Å². The molecule has 2 atom stereocenters. The van der Waals surface area contributed by atoms with E-state index in [1.54, 1.807) is 4.68 Å². The van der Waals surface area contributed by atoms with Crippen molar-refractivity contribution >= 4 is 19.6 Å². The van der Waals surface area contributed by atoms with E-state index in [0.29, 0.717) is 25.3 Å². The molecule has 0 saturated heterocycles. The molecule has 0 saturated carbocycles. The van der Waals surface area contributed by atoms with Crippen LogP contribution in [0.2, 0.25) is 25.7 Å². The lowest BCUT2D eigenvalue weighted by molar-refractivity contribution is -0.885. The van der Waals surface area contributed by atoms with Crippen molar-refractivity contribution in [1.29, 1.82) is 0 Å². The van der Waals surface area contributed by atoms with Crippen molar-refractivity contribution in [3.63, 3.8) is 0 Å². The van der Waals surface area contributed by atoms with E-state index in [0.717, 1.165) is 47.7 Å². The number of ether oxygens (including phenoxy) is 1. The SMILES string of the molecule is CCC[C@H](C(=O)O)[C@H](Cc1ccc(C2=CC[N+](C)(C)CC2)nc1)c1nnnn1COCC[Si](C)(C)C. The van der Waals surface area contributed by atoms with Crippen LogP contribution in [0.1, 0.15) is 49.2 Å². The summed E-state index contributed by atoms with van der Waals surface area (Å²) in [5.74, 6) is -1.24. The minimum atomic E-state index is -1.21. The van der Waals surface area contributed by atoms with Gasteiger partial charge in [0.15, 0.2) is 5.82 Å². The predicted octanol–water partition coefficient (Wildman–Crippen LogP) is 4.07. The fourth-order valence-corrected chi connectivity index (χ4v) is 5.27. The van der Waals surface area contributed by atoms with Crippen molar-refractivity contribution < 1.29 is 19.1 Å². The molecular formula is C26H43N6O3Si+. The van der Waals surface area contributed by atoms with Crippen molar-refractivity contribution in [3.8, 4) is 0 Å². The minimum absolute atomic E-state index is 0.224. The monoisotopic (exact) mass is 515 g/mol. The van der Waals surface area contributed by atoms with Crippen molar-refractivity contribution in [2.75, 3.05) is 33.8 Å². The van der Waals surface area contributed by atoms with Gasteiger partial charge in [-0.25, -0.2) is 4.68 Å². The number of quaternary nitrogens is 1. The van der Waals surface area contributed by atoms with Crippen molar-refractivity contribution in [1.82, 2.24) is 25.2 Å². The maximum absolute atomic E-state index is 12.3. The molecule has 0 amide bonds. The summed E-state index contributed by atoms with van der Waals surface area (Å²) in [5.41, 5.74) is 3.26. The molecule has 0 bridgehead atoms. The number of aliphatic carboxylic acids is 1. The second kappa shape index (κ2) is 12.2. The molecule has 9 nitrogen and oxygen atoms in total. The Balaban J connectivity index is 1.79. The van der Waals surface area contributed by atoms with Crippen molar-refractivity contribution in [3.05, 3.63) is 41.5 Å². The molecule has 2 aromatic heterocycles. The highest BCUT2D eigenvalue weighted by atomic mass is 28.3. The number of hydrogen-bond donors (Lipinski definition) is 1. The second-order valence-electron chi connectivity index (χ2n) is 11.8. The number of nitrogens with zero attached hydrogens (tertiary/aromatic N) is 6. The van der Waals surface area contributed by atoms with Gasteiger partial charge >= 0.3 is 5.97 Å². The molecule has 0 aromatic carbocycles. The lowest BCUT2D eigenvalue weighted by Gasteiger charge is -2.32. The molecule has 198 valence electrons. The lowest BCUT2D eigenvalue weighted by Crippen LogP contribution is -2.42. The van der Waals surface area contributed by atoms with Crippen LogP contribution in [0.4, 0.5) is 0 Å². The largest absolute Gasteiger partial charge is 0.481 e. The normalized spacial score (nSPS) is 17.4. The highest BCUT2D eigenvalue weighted by Gasteiger charge is 2.33. The summed E-state index contributed by atoms with van der Waals surface area (Å²) in [4.78, 5) is 17.0. The molecule has 0 fully saturated rings. The third-order valence-corrected chi connectivity index (χ3v) is 8.64. The maximum Gasteiger partial charge on any atom is 0.307 e. The molecule has 3 rings (SSSR count). The standard InChI is InChI=1S/C26H42N6O3Si/c1-7-8-22(26(33)34)23(25-28-29-30-31(25)19-35-15-16-36(4,5)6)17-20-9-10-24(27-18-20)21-11-13-32(2,3)14-12-21/h9-11,18,22-23H,7-8,12-17,19H2,1-6H3/p+1/t22-,23-/m0/s1. The van der Waals surface area contributed by atoms with Crippen LogP contribution in [0.3, 0.4) is 0 Å². The van der Waals surface area contributed by atoms with E-state index >= 15 is 0 Å². The molecule has 0 radical (unpaired) electrons. The molecule has 0 unspecified atom stereocenters. The van der Waals surface area contributed by atoms with Gasteiger partial charge in [0, 0.05) is 33.2 Å². The minimum Gasteiger partial charge on any atom is -0.481 e. The molecule has 36 heavy (non-hydrogen) atoms. The number of pyridine rings is 1. The second-order valence-corrected chi connectivity index (χ2v) is 17.4. The highest BCUT2D eigenvalue weighted by molar-refractivity contribution is 6.76. The van der Waals surface area contributed by atoms with E-state index in [2.05, 4.69) is 67.5 Å². The average Bonchev–Trinajstić information content (AvgIpc) is 3.27. The Labute approximate surface area is 216 Å². The lowest BCUT2D eigenvalue weighted by atomic mass is 9.83. The van der Waals surface area contributed by atoms with Gasteiger partial charge < -0.3 is 14.3 Å². The number of likely N-dealkylation sites (N-methyl/N-ethyl adjacent to an activating group) is 1. The molecule has 2 aromatic rings. The van der Waals surface area contributed by atoms with E-state index < -0.39 is 20.0 Å². The number of aromatic nitrogens is 5. The van der Waals surface area contributed by atoms with Crippen LogP contribution in [0.25, 0.3) is 5.57 Å². The van der Waals surface area contributed by atoms with Gasteiger partial charge in [0.25, 0.3) is 0 Å². The van der Waals surface area contributed by atoms with E-state index in [-0.39, 0.29) is 12.6 Å². The molecule has 1 aliphatic rings. The fraction of sp³-hybridized carbons (Fsp3) is 0.654. The third-order valence-electron chi connectivity index (χ3n) is 6.93. The van der Waals surface area contributed by atoms with Gasteiger partial charge in [-0.15, -0.1) is 5.10 Å². The molecule has 3 heterocycles. The van der Waals surface area contributed by atoms with Crippen LogP contribution >= 0.6 is 0 Å². The fourth-order valence-electron chi connectivity index (χ4n) is 4.52. The first kappa shape index (κ1) is 28.1. The Morgan fingerprint density at radius 2 is 2.06 bits per heavy atom. The molecule has 10 heteroatoms. The number of carbonyl (C=O) groups is 1. The number of hydrogen-bond acceptors (Lipinski definition) is 6. The highest BCUT2D eigenvalue weighted by Crippen LogP contribution is 2.31.